The molecule has 0 spiro atoms. The lowest BCUT2D eigenvalue weighted by Gasteiger charge is -2.06. The van der Waals surface area contributed by atoms with Crippen LogP contribution in [-0.2, 0) is 16.0 Å². The van der Waals surface area contributed by atoms with Crippen molar-refractivity contribution in [3.8, 4) is 0 Å². The minimum absolute atomic E-state index is 0.207. The van der Waals surface area contributed by atoms with Gasteiger partial charge in [-0.3, -0.25) is 9.59 Å². The molecule has 2 aromatic carbocycles. The molecule has 2 aromatic rings. The summed E-state index contributed by atoms with van der Waals surface area (Å²) < 4.78 is 25.7. The molecule has 22 heavy (non-hydrogen) atoms. The summed E-state index contributed by atoms with van der Waals surface area (Å²) in [6.45, 7) is 0.237. The third-order valence-electron chi connectivity index (χ3n) is 2.90. The summed E-state index contributed by atoms with van der Waals surface area (Å²) in [7, 11) is 0. The zero-order valence-corrected chi connectivity index (χ0v) is 11.6. The van der Waals surface area contributed by atoms with Gasteiger partial charge in [0, 0.05) is 12.2 Å². The van der Waals surface area contributed by atoms with Crippen molar-refractivity contribution < 1.29 is 18.4 Å². The highest BCUT2D eigenvalue weighted by molar-refractivity contribution is 6.39. The van der Waals surface area contributed by atoms with Crippen LogP contribution in [0.25, 0.3) is 0 Å². The fourth-order valence-electron chi connectivity index (χ4n) is 1.81. The maximum absolute atomic E-state index is 13.0. The van der Waals surface area contributed by atoms with Crippen LogP contribution in [0, 0.1) is 11.6 Å². The van der Waals surface area contributed by atoms with E-state index in [1.165, 1.54) is 30.3 Å². The van der Waals surface area contributed by atoms with Gasteiger partial charge in [0.15, 0.2) is 0 Å². The molecule has 2 rings (SSSR count). The normalized spacial score (nSPS) is 10.1. The van der Waals surface area contributed by atoms with E-state index in [2.05, 4.69) is 10.6 Å². The monoisotopic (exact) mass is 304 g/mol. The van der Waals surface area contributed by atoms with Crippen molar-refractivity contribution in [1.82, 2.24) is 5.32 Å². The Hall–Kier alpha value is -2.76. The van der Waals surface area contributed by atoms with Crippen molar-refractivity contribution in [2.24, 2.45) is 0 Å². The molecule has 0 radical (unpaired) electrons. The maximum Gasteiger partial charge on any atom is 0.313 e. The molecular formula is C16H14F2N2O2. The van der Waals surface area contributed by atoms with Gasteiger partial charge in [-0.1, -0.05) is 18.2 Å². The van der Waals surface area contributed by atoms with Crippen LogP contribution in [0.4, 0.5) is 14.5 Å². The standard InChI is InChI=1S/C16H14F2N2O2/c17-12-6-4-11(5-7-12)8-9-19-15(21)16(22)20-14-3-1-2-13(18)10-14/h1-7,10H,8-9H2,(H,19,21)(H,20,22). The lowest BCUT2D eigenvalue weighted by Crippen LogP contribution is -2.36. The van der Waals surface area contributed by atoms with Crippen molar-refractivity contribution in [3.05, 3.63) is 65.7 Å². The van der Waals surface area contributed by atoms with E-state index in [0.29, 0.717) is 6.42 Å². The first kappa shape index (κ1) is 15.6. The van der Waals surface area contributed by atoms with Gasteiger partial charge in [-0.25, -0.2) is 8.78 Å². The van der Waals surface area contributed by atoms with Gasteiger partial charge >= 0.3 is 11.8 Å². The van der Waals surface area contributed by atoms with Gasteiger partial charge in [0.2, 0.25) is 0 Å². The summed E-state index contributed by atoms with van der Waals surface area (Å²) in [6.07, 6.45) is 0.471. The third kappa shape index (κ3) is 4.66. The summed E-state index contributed by atoms with van der Waals surface area (Å²) in [5.41, 5.74) is 1.05. The minimum Gasteiger partial charge on any atom is -0.347 e. The Morgan fingerprint density at radius 2 is 1.64 bits per heavy atom. The molecule has 2 N–H and O–H groups in total. The van der Waals surface area contributed by atoms with Crippen LogP contribution >= 0.6 is 0 Å². The zero-order chi connectivity index (χ0) is 15.9. The van der Waals surface area contributed by atoms with Crippen molar-refractivity contribution >= 4 is 17.5 Å². The molecule has 4 nitrogen and oxygen atoms in total. The fourth-order valence-corrected chi connectivity index (χ4v) is 1.81. The highest BCUT2D eigenvalue weighted by Crippen LogP contribution is 2.08. The largest absolute Gasteiger partial charge is 0.347 e. The van der Waals surface area contributed by atoms with E-state index < -0.39 is 17.6 Å². The highest BCUT2D eigenvalue weighted by atomic mass is 19.1. The molecule has 0 saturated heterocycles. The van der Waals surface area contributed by atoms with Crippen LogP contribution < -0.4 is 10.6 Å². The maximum atomic E-state index is 13.0. The van der Waals surface area contributed by atoms with E-state index in [0.717, 1.165) is 11.6 Å². The lowest BCUT2D eigenvalue weighted by molar-refractivity contribution is -0.136. The first-order valence-corrected chi connectivity index (χ1v) is 6.64. The average molecular weight is 304 g/mol. The van der Waals surface area contributed by atoms with Gasteiger partial charge in [0.05, 0.1) is 0 Å². The molecule has 0 unspecified atom stereocenters. The van der Waals surface area contributed by atoms with Gasteiger partial charge in [0.25, 0.3) is 0 Å². The van der Waals surface area contributed by atoms with Gasteiger partial charge < -0.3 is 10.6 Å². The summed E-state index contributed by atoms with van der Waals surface area (Å²) in [5.74, 6) is -2.52. The van der Waals surface area contributed by atoms with Crippen molar-refractivity contribution in [2.45, 2.75) is 6.42 Å². The molecule has 0 aliphatic heterocycles. The summed E-state index contributed by atoms with van der Waals surface area (Å²) >= 11 is 0. The van der Waals surface area contributed by atoms with Crippen molar-refractivity contribution in [1.29, 1.82) is 0 Å². The topological polar surface area (TPSA) is 58.2 Å². The second kappa shape index (κ2) is 7.31. The first-order valence-electron chi connectivity index (χ1n) is 6.64. The predicted molar refractivity (Wildman–Crippen MR) is 78.1 cm³/mol. The predicted octanol–water partition coefficient (Wildman–Crippen LogP) is 2.26. The molecule has 0 aliphatic carbocycles. The van der Waals surface area contributed by atoms with E-state index in [-0.39, 0.29) is 18.0 Å². The van der Waals surface area contributed by atoms with Crippen LogP contribution in [0.15, 0.2) is 48.5 Å². The quantitative estimate of drug-likeness (QED) is 0.851. The average Bonchev–Trinajstić information content (AvgIpc) is 2.49. The van der Waals surface area contributed by atoms with E-state index in [9.17, 15) is 18.4 Å². The van der Waals surface area contributed by atoms with Crippen LogP contribution in [0.1, 0.15) is 5.56 Å². The summed E-state index contributed by atoms with van der Waals surface area (Å²) in [4.78, 5) is 23.2. The van der Waals surface area contributed by atoms with Gasteiger partial charge in [0.1, 0.15) is 11.6 Å². The molecule has 0 atom stereocenters. The van der Waals surface area contributed by atoms with Crippen LogP contribution in [-0.4, -0.2) is 18.4 Å². The Labute approximate surface area is 126 Å². The first-order chi connectivity index (χ1) is 10.5. The Morgan fingerprint density at radius 3 is 2.32 bits per heavy atom. The summed E-state index contributed by atoms with van der Waals surface area (Å²) in [5, 5.41) is 4.74. The molecule has 0 saturated carbocycles. The Bertz CT molecular complexity index is 672. The van der Waals surface area contributed by atoms with Gasteiger partial charge in [-0.05, 0) is 42.3 Å². The second-order valence-corrected chi connectivity index (χ2v) is 4.60. The molecule has 0 heterocycles. The van der Waals surface area contributed by atoms with Crippen molar-refractivity contribution in [2.75, 3.05) is 11.9 Å². The second-order valence-electron chi connectivity index (χ2n) is 4.60. The molecule has 0 aliphatic rings. The molecular weight excluding hydrogens is 290 g/mol. The minimum atomic E-state index is -0.871. The number of hydrogen-bond acceptors (Lipinski definition) is 2. The van der Waals surface area contributed by atoms with Crippen LogP contribution in [0.3, 0.4) is 0 Å². The molecule has 114 valence electrons. The lowest BCUT2D eigenvalue weighted by atomic mass is 10.1. The SMILES string of the molecule is O=C(NCCc1ccc(F)cc1)C(=O)Nc1cccc(F)c1. The summed E-state index contributed by atoms with van der Waals surface area (Å²) in [6, 6.07) is 11.1. The van der Waals surface area contributed by atoms with E-state index in [1.807, 2.05) is 0 Å². The molecule has 0 aromatic heterocycles. The number of nitrogens with one attached hydrogen (secondary N) is 2. The zero-order valence-electron chi connectivity index (χ0n) is 11.6. The van der Waals surface area contributed by atoms with Crippen molar-refractivity contribution in [3.63, 3.8) is 0 Å². The number of anilines is 1. The van der Waals surface area contributed by atoms with Crippen LogP contribution in [0.2, 0.25) is 0 Å². The van der Waals surface area contributed by atoms with Gasteiger partial charge in [-0.2, -0.15) is 0 Å². The van der Waals surface area contributed by atoms with E-state index in [1.54, 1.807) is 12.1 Å². The van der Waals surface area contributed by atoms with Crippen LogP contribution in [0.5, 0.6) is 0 Å². The van der Waals surface area contributed by atoms with E-state index >= 15 is 0 Å². The number of hydrogen-bond donors (Lipinski definition) is 2. The highest BCUT2D eigenvalue weighted by Gasteiger charge is 2.13. The fraction of sp³-hybridized carbons (Fsp3) is 0.125. The molecule has 6 heteroatoms. The number of amides is 2. The Kier molecular flexibility index (Phi) is 5.19. The number of halogens is 2. The third-order valence-corrected chi connectivity index (χ3v) is 2.90. The smallest absolute Gasteiger partial charge is 0.313 e. The Balaban J connectivity index is 1.79. The Morgan fingerprint density at radius 1 is 0.909 bits per heavy atom. The number of carbonyl (C=O) groups is 2. The molecule has 2 amide bonds. The molecule has 0 fully saturated rings. The van der Waals surface area contributed by atoms with E-state index in [4.69, 9.17) is 0 Å². The number of rotatable bonds is 4. The number of benzene rings is 2. The molecule has 0 bridgehead atoms. The van der Waals surface area contributed by atoms with Gasteiger partial charge in [-0.15, -0.1) is 0 Å². The number of carbonyl (C=O) groups excluding carboxylic acids is 2.